The number of aromatic nitrogens is 2. The molecular weight excluding hydrogens is 565 g/mol. The standard InChI is InChI=1S/C26H27Cl2N5O5S/c1-17(25(35)31-39(3)37)15-33-24(34)14-23(32(26(33)36)16-18-4-6-19(27)7-5-18)30-20-8-10-21(11-9-20)38-13-12-22(28)29-2/h4-14,17,30H,15-16H2,1-3H3,(H,31,35)/b13-12+,29-22?/t17-,39?/m0/s1. The molecule has 0 spiro atoms. The molecule has 1 unspecified atom stereocenters. The zero-order valence-electron chi connectivity index (χ0n) is 21.4. The van der Waals surface area contributed by atoms with Crippen LogP contribution in [0.3, 0.4) is 0 Å². The Kier molecular flexibility index (Phi) is 10.7. The molecule has 1 heterocycles. The number of hydrogen-bond donors (Lipinski definition) is 2. The minimum Gasteiger partial charge on any atom is -0.465 e. The van der Waals surface area contributed by atoms with E-state index in [2.05, 4.69) is 15.0 Å². The van der Waals surface area contributed by atoms with Crippen molar-refractivity contribution < 1.29 is 13.7 Å². The molecule has 0 aliphatic heterocycles. The lowest BCUT2D eigenvalue weighted by molar-refractivity contribution is -0.123. The number of amides is 1. The van der Waals surface area contributed by atoms with Crippen LogP contribution in [-0.2, 0) is 28.9 Å². The molecule has 3 aromatic rings. The Balaban J connectivity index is 1.94. The third-order valence-electron chi connectivity index (χ3n) is 5.43. The maximum absolute atomic E-state index is 13.5. The summed E-state index contributed by atoms with van der Waals surface area (Å²) in [5.74, 6) is -0.522. The summed E-state index contributed by atoms with van der Waals surface area (Å²) >= 11 is 11.8. The van der Waals surface area contributed by atoms with Crippen LogP contribution in [-0.4, -0.2) is 37.7 Å². The van der Waals surface area contributed by atoms with E-state index in [0.717, 1.165) is 10.1 Å². The zero-order valence-corrected chi connectivity index (χ0v) is 23.7. The predicted octanol–water partition coefficient (Wildman–Crippen LogP) is 3.66. The number of allylic oxidation sites excluding steroid dienone is 1. The SMILES string of the molecule is CN=C(Cl)/C=C/Oc1ccc(Nc2cc(=O)n(C[C@H](C)C(=O)NS(C)=O)c(=O)n2Cc2ccc(Cl)cc2)cc1. The van der Waals surface area contributed by atoms with Crippen molar-refractivity contribution in [1.82, 2.24) is 13.9 Å². The van der Waals surface area contributed by atoms with E-state index >= 15 is 0 Å². The van der Waals surface area contributed by atoms with Gasteiger partial charge in [0.15, 0.2) is 0 Å². The number of benzene rings is 2. The van der Waals surface area contributed by atoms with Crippen LogP contribution in [0.25, 0.3) is 0 Å². The fourth-order valence-electron chi connectivity index (χ4n) is 3.42. The summed E-state index contributed by atoms with van der Waals surface area (Å²) in [5, 5.41) is 3.95. The van der Waals surface area contributed by atoms with E-state index in [4.69, 9.17) is 27.9 Å². The molecule has 2 atom stereocenters. The molecule has 2 aromatic carbocycles. The number of rotatable bonds is 11. The Hall–Kier alpha value is -3.67. The summed E-state index contributed by atoms with van der Waals surface area (Å²) < 4.78 is 21.5. The normalized spacial score (nSPS) is 13.2. The van der Waals surface area contributed by atoms with E-state index in [0.29, 0.717) is 16.5 Å². The Morgan fingerprint density at radius 3 is 2.41 bits per heavy atom. The number of anilines is 2. The van der Waals surface area contributed by atoms with E-state index in [1.807, 2.05) is 0 Å². The summed E-state index contributed by atoms with van der Waals surface area (Å²) in [6, 6.07) is 15.1. The van der Waals surface area contributed by atoms with Crippen LogP contribution in [0.15, 0.2) is 81.5 Å². The molecule has 206 valence electrons. The first kappa shape index (κ1) is 29.9. The van der Waals surface area contributed by atoms with Crippen LogP contribution in [0.1, 0.15) is 12.5 Å². The smallest absolute Gasteiger partial charge is 0.332 e. The van der Waals surface area contributed by atoms with Crippen molar-refractivity contribution in [2.75, 3.05) is 18.6 Å². The number of halogens is 2. The highest BCUT2D eigenvalue weighted by Gasteiger charge is 2.19. The third-order valence-corrected chi connectivity index (χ3v) is 6.47. The first-order valence-electron chi connectivity index (χ1n) is 11.6. The quantitative estimate of drug-likeness (QED) is 0.259. The highest BCUT2D eigenvalue weighted by atomic mass is 35.5. The van der Waals surface area contributed by atoms with E-state index in [1.54, 1.807) is 62.5 Å². The summed E-state index contributed by atoms with van der Waals surface area (Å²) in [7, 11) is -0.00501. The van der Waals surface area contributed by atoms with Crippen molar-refractivity contribution in [3.05, 3.63) is 98.4 Å². The molecule has 0 aliphatic carbocycles. The number of aliphatic imine (C=N–C) groups is 1. The number of nitrogens with zero attached hydrogens (tertiary/aromatic N) is 3. The average Bonchev–Trinajstić information content (AvgIpc) is 2.90. The second kappa shape index (κ2) is 13.9. The molecule has 0 aliphatic rings. The molecule has 0 fully saturated rings. The van der Waals surface area contributed by atoms with Crippen molar-refractivity contribution in [3.8, 4) is 5.75 Å². The lowest BCUT2D eigenvalue weighted by Gasteiger charge is -2.18. The van der Waals surface area contributed by atoms with E-state index in [1.165, 1.54) is 29.2 Å². The monoisotopic (exact) mass is 591 g/mol. The van der Waals surface area contributed by atoms with Gasteiger partial charge in [0.2, 0.25) is 5.91 Å². The van der Waals surface area contributed by atoms with Gasteiger partial charge in [0.25, 0.3) is 5.56 Å². The van der Waals surface area contributed by atoms with Crippen molar-refractivity contribution in [2.24, 2.45) is 10.9 Å². The summed E-state index contributed by atoms with van der Waals surface area (Å²) in [6.45, 7) is 1.49. The zero-order chi connectivity index (χ0) is 28.5. The molecule has 0 saturated heterocycles. The van der Waals surface area contributed by atoms with Gasteiger partial charge in [-0.3, -0.25) is 28.4 Å². The first-order valence-corrected chi connectivity index (χ1v) is 13.9. The number of hydrogen-bond acceptors (Lipinski definition) is 7. The molecule has 39 heavy (non-hydrogen) atoms. The second-order valence-electron chi connectivity index (χ2n) is 8.41. The predicted molar refractivity (Wildman–Crippen MR) is 156 cm³/mol. The summed E-state index contributed by atoms with van der Waals surface area (Å²) in [5.41, 5.74) is 0.161. The van der Waals surface area contributed by atoms with Gasteiger partial charge in [-0.15, -0.1) is 0 Å². The van der Waals surface area contributed by atoms with Crippen LogP contribution in [0, 0.1) is 5.92 Å². The molecule has 0 saturated carbocycles. The molecule has 3 rings (SSSR count). The van der Waals surface area contributed by atoms with E-state index < -0.39 is 34.1 Å². The Morgan fingerprint density at radius 2 is 1.79 bits per heavy atom. The number of carbonyl (C=O) groups excluding carboxylic acids is 1. The summed E-state index contributed by atoms with van der Waals surface area (Å²) in [4.78, 5) is 42.6. The number of ether oxygens (including phenoxy) is 1. The highest BCUT2D eigenvalue weighted by Crippen LogP contribution is 2.20. The fraction of sp³-hybridized carbons (Fsp3) is 0.231. The van der Waals surface area contributed by atoms with Crippen LogP contribution in [0.2, 0.25) is 5.02 Å². The van der Waals surface area contributed by atoms with Gasteiger partial charge in [0, 0.05) is 42.7 Å². The Morgan fingerprint density at radius 1 is 1.13 bits per heavy atom. The van der Waals surface area contributed by atoms with Crippen molar-refractivity contribution >= 4 is 56.8 Å². The molecule has 13 heteroatoms. The van der Waals surface area contributed by atoms with E-state index in [9.17, 15) is 18.6 Å². The number of carbonyl (C=O) groups is 1. The van der Waals surface area contributed by atoms with Crippen molar-refractivity contribution in [3.63, 3.8) is 0 Å². The van der Waals surface area contributed by atoms with Crippen LogP contribution >= 0.6 is 23.2 Å². The van der Waals surface area contributed by atoms with Gasteiger partial charge < -0.3 is 10.1 Å². The van der Waals surface area contributed by atoms with Gasteiger partial charge in [-0.05, 0) is 42.0 Å². The first-order chi connectivity index (χ1) is 18.6. The molecule has 1 aromatic heterocycles. The topological polar surface area (TPSA) is 124 Å². The van der Waals surface area contributed by atoms with E-state index in [-0.39, 0.29) is 24.1 Å². The van der Waals surface area contributed by atoms with Gasteiger partial charge in [-0.2, -0.15) is 0 Å². The largest absolute Gasteiger partial charge is 0.465 e. The Labute approximate surface area is 237 Å². The van der Waals surface area contributed by atoms with Crippen molar-refractivity contribution in [2.45, 2.75) is 20.0 Å². The molecule has 0 radical (unpaired) electrons. The van der Waals surface area contributed by atoms with Gasteiger partial charge in [-0.1, -0.05) is 42.3 Å². The van der Waals surface area contributed by atoms with Crippen LogP contribution < -0.4 is 26.0 Å². The molecule has 2 N–H and O–H groups in total. The van der Waals surface area contributed by atoms with Gasteiger partial charge in [0.1, 0.15) is 27.7 Å². The average molecular weight is 593 g/mol. The van der Waals surface area contributed by atoms with Crippen LogP contribution in [0.4, 0.5) is 11.5 Å². The van der Waals surface area contributed by atoms with Gasteiger partial charge >= 0.3 is 5.69 Å². The minimum atomic E-state index is -1.57. The lowest BCUT2D eigenvalue weighted by atomic mass is 10.1. The summed E-state index contributed by atoms with van der Waals surface area (Å²) in [6.07, 6.45) is 4.23. The van der Waals surface area contributed by atoms with Gasteiger partial charge in [-0.25, -0.2) is 9.00 Å². The Bertz CT molecular complexity index is 1520. The molecule has 10 nitrogen and oxygen atoms in total. The third kappa shape index (κ3) is 8.67. The molecule has 0 bridgehead atoms. The maximum Gasteiger partial charge on any atom is 0.332 e. The lowest BCUT2D eigenvalue weighted by Crippen LogP contribution is -2.44. The number of nitrogens with one attached hydrogen (secondary N) is 2. The fourth-order valence-corrected chi connectivity index (χ4v) is 4.08. The maximum atomic E-state index is 13.5. The van der Waals surface area contributed by atoms with Crippen LogP contribution in [0.5, 0.6) is 5.75 Å². The molecular formula is C26H27Cl2N5O5S. The van der Waals surface area contributed by atoms with Gasteiger partial charge in [0.05, 0.1) is 18.7 Å². The molecule has 1 amide bonds. The minimum absolute atomic E-state index is 0.129. The highest BCUT2D eigenvalue weighted by molar-refractivity contribution is 7.82. The second-order valence-corrected chi connectivity index (χ2v) is 10.3. The van der Waals surface area contributed by atoms with Crippen molar-refractivity contribution in [1.29, 1.82) is 0 Å².